The van der Waals surface area contributed by atoms with Crippen molar-refractivity contribution in [1.29, 1.82) is 0 Å². The molecular weight excluding hydrogens is 178 g/mol. The van der Waals surface area contributed by atoms with Gasteiger partial charge in [-0.2, -0.15) is 0 Å². The molecular formula is C11H23NO2. The van der Waals surface area contributed by atoms with Gasteiger partial charge in [0.15, 0.2) is 0 Å². The fraction of sp³-hybridized carbons (Fsp3) is 0.909. The molecule has 0 saturated carbocycles. The maximum absolute atomic E-state index is 11.0. The van der Waals surface area contributed by atoms with Gasteiger partial charge in [-0.15, -0.1) is 0 Å². The Bertz CT molecular complexity index is 188. The van der Waals surface area contributed by atoms with Crippen molar-refractivity contribution in [2.45, 2.75) is 59.0 Å². The van der Waals surface area contributed by atoms with E-state index in [2.05, 4.69) is 26.1 Å². The minimum atomic E-state index is -0.760. The highest BCUT2D eigenvalue weighted by atomic mass is 16.4. The van der Waals surface area contributed by atoms with E-state index in [9.17, 15) is 4.79 Å². The van der Waals surface area contributed by atoms with Gasteiger partial charge in [0.2, 0.25) is 0 Å². The topological polar surface area (TPSA) is 49.3 Å². The average molecular weight is 201 g/mol. The summed E-state index contributed by atoms with van der Waals surface area (Å²) < 4.78 is 0. The second kappa shape index (κ2) is 5.35. The highest BCUT2D eigenvalue weighted by Crippen LogP contribution is 2.14. The lowest BCUT2D eigenvalue weighted by molar-refractivity contribution is -0.141. The van der Waals surface area contributed by atoms with Crippen LogP contribution in [0.15, 0.2) is 0 Å². The van der Waals surface area contributed by atoms with E-state index in [-0.39, 0.29) is 11.5 Å². The molecule has 0 aromatic rings. The van der Waals surface area contributed by atoms with Crippen molar-refractivity contribution >= 4 is 5.97 Å². The third-order valence-electron chi connectivity index (χ3n) is 2.35. The van der Waals surface area contributed by atoms with Gasteiger partial charge in [-0.05, 0) is 26.2 Å². The summed E-state index contributed by atoms with van der Waals surface area (Å²) in [7, 11) is 0. The Hall–Kier alpha value is -0.570. The van der Waals surface area contributed by atoms with Crippen LogP contribution in [0.4, 0.5) is 0 Å². The number of carboxylic acid groups (broad SMARTS) is 1. The number of rotatable bonds is 6. The lowest BCUT2D eigenvalue weighted by atomic mass is 9.94. The van der Waals surface area contributed by atoms with E-state index in [1.54, 1.807) is 0 Å². The molecule has 0 amide bonds. The summed E-state index contributed by atoms with van der Waals surface area (Å²) in [5.41, 5.74) is -0.0952. The molecule has 0 spiro atoms. The third-order valence-corrected chi connectivity index (χ3v) is 2.35. The molecule has 0 aliphatic rings. The van der Waals surface area contributed by atoms with Crippen molar-refractivity contribution in [2.24, 2.45) is 5.92 Å². The van der Waals surface area contributed by atoms with Gasteiger partial charge in [-0.3, -0.25) is 10.1 Å². The standard InChI is InChI=1S/C11H23NO2/c1-6-7-11(4,5)12-9(8(2)3)10(13)14/h8-9,12H,6-7H2,1-5H3,(H,13,14). The first-order chi connectivity index (χ1) is 6.30. The highest BCUT2D eigenvalue weighted by Gasteiger charge is 2.27. The van der Waals surface area contributed by atoms with E-state index < -0.39 is 12.0 Å². The minimum absolute atomic E-state index is 0.0952. The normalized spacial score (nSPS) is 14.4. The molecule has 1 atom stereocenters. The van der Waals surface area contributed by atoms with Crippen LogP contribution in [0.3, 0.4) is 0 Å². The third kappa shape index (κ3) is 4.61. The van der Waals surface area contributed by atoms with Gasteiger partial charge >= 0.3 is 5.97 Å². The predicted octanol–water partition coefficient (Wildman–Crippen LogP) is 2.26. The second-order valence-electron chi connectivity index (χ2n) is 4.84. The lowest BCUT2D eigenvalue weighted by Crippen LogP contribution is -2.51. The van der Waals surface area contributed by atoms with Crippen LogP contribution in [0.25, 0.3) is 0 Å². The Balaban J connectivity index is 4.36. The first-order valence-electron chi connectivity index (χ1n) is 5.30. The molecule has 0 fully saturated rings. The Morgan fingerprint density at radius 3 is 2.21 bits per heavy atom. The molecule has 2 N–H and O–H groups in total. The van der Waals surface area contributed by atoms with Crippen LogP contribution in [0.2, 0.25) is 0 Å². The number of hydrogen-bond donors (Lipinski definition) is 2. The van der Waals surface area contributed by atoms with Crippen molar-refractivity contribution in [3.63, 3.8) is 0 Å². The van der Waals surface area contributed by atoms with Gasteiger partial charge in [-0.25, -0.2) is 0 Å². The van der Waals surface area contributed by atoms with Gasteiger partial charge < -0.3 is 5.11 Å². The van der Waals surface area contributed by atoms with Gasteiger partial charge in [0.05, 0.1) is 0 Å². The molecule has 0 aromatic carbocycles. The first kappa shape index (κ1) is 13.4. The molecule has 84 valence electrons. The summed E-state index contributed by atoms with van der Waals surface area (Å²) >= 11 is 0. The monoisotopic (exact) mass is 201 g/mol. The number of nitrogens with one attached hydrogen (secondary N) is 1. The summed E-state index contributed by atoms with van der Waals surface area (Å²) in [4.78, 5) is 11.0. The van der Waals surface area contributed by atoms with Crippen LogP contribution < -0.4 is 5.32 Å². The van der Waals surface area contributed by atoms with E-state index in [0.29, 0.717) is 0 Å². The zero-order chi connectivity index (χ0) is 11.4. The Morgan fingerprint density at radius 1 is 1.43 bits per heavy atom. The molecule has 1 unspecified atom stereocenters. The van der Waals surface area contributed by atoms with Gasteiger partial charge in [-0.1, -0.05) is 27.2 Å². The van der Waals surface area contributed by atoms with E-state index in [1.807, 2.05) is 13.8 Å². The molecule has 0 aliphatic heterocycles. The van der Waals surface area contributed by atoms with Crippen molar-refractivity contribution in [3.05, 3.63) is 0 Å². The molecule has 0 bridgehead atoms. The largest absolute Gasteiger partial charge is 0.480 e. The molecule has 0 radical (unpaired) electrons. The van der Waals surface area contributed by atoms with Crippen LogP contribution in [-0.2, 0) is 4.79 Å². The summed E-state index contributed by atoms with van der Waals surface area (Å²) in [5, 5.41) is 12.2. The maximum atomic E-state index is 11.0. The zero-order valence-corrected chi connectivity index (χ0v) is 9.92. The smallest absolute Gasteiger partial charge is 0.320 e. The molecule has 0 rings (SSSR count). The van der Waals surface area contributed by atoms with Crippen molar-refractivity contribution in [3.8, 4) is 0 Å². The average Bonchev–Trinajstić information content (AvgIpc) is 1.99. The molecule has 3 nitrogen and oxygen atoms in total. The highest BCUT2D eigenvalue weighted by molar-refractivity contribution is 5.73. The first-order valence-corrected chi connectivity index (χ1v) is 5.30. The Morgan fingerprint density at radius 2 is 1.93 bits per heavy atom. The lowest BCUT2D eigenvalue weighted by Gasteiger charge is -2.31. The van der Waals surface area contributed by atoms with Crippen LogP contribution in [0.5, 0.6) is 0 Å². The summed E-state index contributed by atoms with van der Waals surface area (Å²) in [5.74, 6) is -0.646. The van der Waals surface area contributed by atoms with Crippen LogP contribution in [0, 0.1) is 5.92 Å². The fourth-order valence-electron chi connectivity index (χ4n) is 1.63. The van der Waals surface area contributed by atoms with Crippen LogP contribution in [0.1, 0.15) is 47.5 Å². The summed E-state index contributed by atoms with van der Waals surface area (Å²) in [6.07, 6.45) is 2.05. The Kier molecular flexibility index (Phi) is 5.13. The zero-order valence-electron chi connectivity index (χ0n) is 9.92. The summed E-state index contributed by atoms with van der Waals surface area (Å²) in [6, 6.07) is -0.448. The predicted molar refractivity (Wildman–Crippen MR) is 58.4 cm³/mol. The van der Waals surface area contributed by atoms with Gasteiger partial charge in [0.25, 0.3) is 0 Å². The van der Waals surface area contributed by atoms with E-state index >= 15 is 0 Å². The molecule has 0 heterocycles. The van der Waals surface area contributed by atoms with Crippen molar-refractivity contribution in [2.75, 3.05) is 0 Å². The molecule has 14 heavy (non-hydrogen) atoms. The number of aliphatic carboxylic acids is 1. The van der Waals surface area contributed by atoms with Crippen molar-refractivity contribution < 1.29 is 9.90 Å². The number of carbonyl (C=O) groups is 1. The Labute approximate surface area is 86.9 Å². The minimum Gasteiger partial charge on any atom is -0.480 e. The number of hydrogen-bond acceptors (Lipinski definition) is 2. The van der Waals surface area contributed by atoms with E-state index in [0.717, 1.165) is 12.8 Å². The van der Waals surface area contributed by atoms with E-state index in [1.165, 1.54) is 0 Å². The molecule has 0 aliphatic carbocycles. The molecule has 0 saturated heterocycles. The van der Waals surface area contributed by atoms with Crippen molar-refractivity contribution in [1.82, 2.24) is 5.32 Å². The summed E-state index contributed by atoms with van der Waals surface area (Å²) in [6.45, 7) is 10.1. The van der Waals surface area contributed by atoms with Crippen LogP contribution in [-0.4, -0.2) is 22.7 Å². The van der Waals surface area contributed by atoms with Gasteiger partial charge in [0.1, 0.15) is 6.04 Å². The molecule has 0 aromatic heterocycles. The van der Waals surface area contributed by atoms with Gasteiger partial charge in [0, 0.05) is 5.54 Å². The maximum Gasteiger partial charge on any atom is 0.320 e. The number of carboxylic acids is 1. The SMILES string of the molecule is CCCC(C)(C)NC(C(=O)O)C(C)C. The second-order valence-corrected chi connectivity index (χ2v) is 4.84. The fourth-order valence-corrected chi connectivity index (χ4v) is 1.63. The van der Waals surface area contributed by atoms with E-state index in [4.69, 9.17) is 5.11 Å². The van der Waals surface area contributed by atoms with Crippen LogP contribution >= 0.6 is 0 Å². The quantitative estimate of drug-likeness (QED) is 0.693. The molecule has 3 heteroatoms.